The van der Waals surface area contributed by atoms with Crippen LogP contribution in [0.2, 0.25) is 5.02 Å². The monoisotopic (exact) mass is 311 g/mol. The summed E-state index contributed by atoms with van der Waals surface area (Å²) in [5.41, 5.74) is 1.66. The Bertz CT molecular complexity index is 486. The molecule has 1 unspecified atom stereocenters. The van der Waals surface area contributed by atoms with E-state index in [4.69, 9.17) is 16.7 Å². The lowest BCUT2D eigenvalue weighted by Gasteiger charge is -2.20. The first-order valence-electron chi connectivity index (χ1n) is 7.37. The summed E-state index contributed by atoms with van der Waals surface area (Å²) < 4.78 is 0. The van der Waals surface area contributed by atoms with E-state index in [-0.39, 0.29) is 18.7 Å². The van der Waals surface area contributed by atoms with Crippen molar-refractivity contribution in [1.29, 1.82) is 0 Å². The predicted molar refractivity (Wildman–Crippen MR) is 86.2 cm³/mol. The molecule has 0 radical (unpaired) electrons. The van der Waals surface area contributed by atoms with Crippen molar-refractivity contribution in [3.8, 4) is 0 Å². The van der Waals surface area contributed by atoms with Crippen molar-refractivity contribution in [2.45, 2.75) is 32.2 Å². The molecule has 21 heavy (non-hydrogen) atoms. The normalized spacial score (nSPS) is 15.9. The van der Waals surface area contributed by atoms with Gasteiger partial charge in [-0.1, -0.05) is 18.5 Å². The van der Waals surface area contributed by atoms with Crippen LogP contribution in [0.3, 0.4) is 0 Å². The minimum Gasteiger partial charge on any atom is -0.394 e. The molecule has 1 atom stereocenters. The third kappa shape index (κ3) is 4.25. The molecule has 1 fully saturated rings. The van der Waals surface area contributed by atoms with E-state index in [1.54, 1.807) is 6.07 Å². The van der Waals surface area contributed by atoms with E-state index in [0.717, 1.165) is 18.8 Å². The summed E-state index contributed by atoms with van der Waals surface area (Å²) in [5.74, 6) is 0. The lowest BCUT2D eigenvalue weighted by Crippen LogP contribution is -2.39. The minimum absolute atomic E-state index is 0.0709. The summed E-state index contributed by atoms with van der Waals surface area (Å²) in [5, 5.41) is 15.2. The number of hydrogen-bond donors (Lipinski definition) is 3. The minimum atomic E-state index is -0.333. The van der Waals surface area contributed by atoms with Crippen LogP contribution < -0.4 is 15.5 Å². The number of hydrogen-bond acceptors (Lipinski definition) is 3. The van der Waals surface area contributed by atoms with Crippen molar-refractivity contribution in [3.63, 3.8) is 0 Å². The van der Waals surface area contributed by atoms with Gasteiger partial charge >= 0.3 is 6.03 Å². The van der Waals surface area contributed by atoms with Gasteiger partial charge in [-0.3, -0.25) is 0 Å². The maximum Gasteiger partial charge on any atom is 0.319 e. The van der Waals surface area contributed by atoms with Crippen LogP contribution in [0.5, 0.6) is 0 Å². The first kappa shape index (κ1) is 15.9. The Hall–Kier alpha value is -1.46. The fourth-order valence-corrected chi connectivity index (χ4v) is 2.73. The Kier molecular flexibility index (Phi) is 5.70. The average molecular weight is 312 g/mol. The third-order valence-corrected chi connectivity index (χ3v) is 4.00. The first-order valence-corrected chi connectivity index (χ1v) is 7.74. The number of anilines is 2. The lowest BCUT2D eigenvalue weighted by atomic mass is 10.2. The molecule has 1 aromatic rings. The maximum atomic E-state index is 11.8. The quantitative estimate of drug-likeness (QED) is 0.783. The number of urea groups is 1. The number of halogens is 1. The molecule has 116 valence electrons. The molecule has 0 aliphatic carbocycles. The SMILES string of the molecule is CCC(CO)NC(=O)Nc1ccc(N2CCCC2)c(Cl)c1. The van der Waals surface area contributed by atoms with Crippen molar-refractivity contribution in [3.05, 3.63) is 23.2 Å². The second-order valence-corrected chi connectivity index (χ2v) is 5.65. The van der Waals surface area contributed by atoms with Crippen LogP contribution in [0.1, 0.15) is 26.2 Å². The summed E-state index contributed by atoms with van der Waals surface area (Å²) in [6.07, 6.45) is 3.06. The Morgan fingerprint density at radius 2 is 2.14 bits per heavy atom. The van der Waals surface area contributed by atoms with Gasteiger partial charge in [-0.2, -0.15) is 0 Å². The summed E-state index contributed by atoms with van der Waals surface area (Å²) in [6, 6.07) is 4.98. The van der Waals surface area contributed by atoms with Crippen LogP contribution >= 0.6 is 11.6 Å². The Balaban J connectivity index is 1.98. The van der Waals surface area contributed by atoms with Gasteiger partial charge in [-0.05, 0) is 37.5 Å². The molecule has 2 rings (SSSR count). The number of benzene rings is 1. The molecule has 0 saturated carbocycles. The molecule has 1 saturated heterocycles. The molecular weight excluding hydrogens is 290 g/mol. The highest BCUT2D eigenvalue weighted by Gasteiger charge is 2.16. The van der Waals surface area contributed by atoms with Crippen molar-refractivity contribution in [2.24, 2.45) is 0 Å². The molecule has 0 spiro atoms. The standard InChI is InChI=1S/C15H22ClN3O2/c1-2-11(10-20)17-15(21)18-12-5-6-14(13(16)9-12)19-7-3-4-8-19/h5-6,9,11,20H,2-4,7-8,10H2,1H3,(H2,17,18,21). The largest absolute Gasteiger partial charge is 0.394 e. The fraction of sp³-hybridized carbons (Fsp3) is 0.533. The van der Waals surface area contributed by atoms with Gasteiger partial charge in [0.1, 0.15) is 0 Å². The van der Waals surface area contributed by atoms with Gasteiger partial charge < -0.3 is 20.6 Å². The summed E-state index contributed by atoms with van der Waals surface area (Å²) >= 11 is 6.30. The van der Waals surface area contributed by atoms with Gasteiger partial charge in [-0.15, -0.1) is 0 Å². The van der Waals surface area contributed by atoms with Crippen molar-refractivity contribution < 1.29 is 9.90 Å². The molecule has 3 N–H and O–H groups in total. The van der Waals surface area contributed by atoms with Gasteiger partial charge in [0.15, 0.2) is 0 Å². The topological polar surface area (TPSA) is 64.6 Å². The van der Waals surface area contributed by atoms with Crippen LogP contribution in [0.4, 0.5) is 16.2 Å². The highest BCUT2D eigenvalue weighted by molar-refractivity contribution is 6.33. The number of carbonyl (C=O) groups is 1. The van der Waals surface area contributed by atoms with Gasteiger partial charge in [0.25, 0.3) is 0 Å². The van der Waals surface area contributed by atoms with Crippen LogP contribution in [-0.2, 0) is 0 Å². The Morgan fingerprint density at radius 1 is 1.43 bits per heavy atom. The lowest BCUT2D eigenvalue weighted by molar-refractivity contribution is 0.222. The van der Waals surface area contributed by atoms with E-state index in [0.29, 0.717) is 17.1 Å². The van der Waals surface area contributed by atoms with Gasteiger partial charge in [0.05, 0.1) is 23.4 Å². The van der Waals surface area contributed by atoms with E-state index < -0.39 is 0 Å². The van der Waals surface area contributed by atoms with Crippen molar-refractivity contribution in [2.75, 3.05) is 29.9 Å². The molecule has 0 aromatic heterocycles. The van der Waals surface area contributed by atoms with E-state index in [9.17, 15) is 4.79 Å². The third-order valence-electron chi connectivity index (χ3n) is 3.70. The number of aliphatic hydroxyl groups excluding tert-OH is 1. The van der Waals surface area contributed by atoms with E-state index in [1.807, 2.05) is 19.1 Å². The second kappa shape index (κ2) is 7.52. The molecule has 6 heteroatoms. The van der Waals surface area contributed by atoms with E-state index in [1.165, 1.54) is 12.8 Å². The van der Waals surface area contributed by atoms with E-state index >= 15 is 0 Å². The second-order valence-electron chi connectivity index (χ2n) is 5.25. The molecule has 1 aromatic carbocycles. The molecule has 5 nitrogen and oxygen atoms in total. The maximum absolute atomic E-state index is 11.8. The van der Waals surface area contributed by atoms with Crippen LogP contribution in [0.15, 0.2) is 18.2 Å². The number of nitrogens with zero attached hydrogens (tertiary/aromatic N) is 1. The highest BCUT2D eigenvalue weighted by Crippen LogP contribution is 2.31. The summed E-state index contributed by atoms with van der Waals surface area (Å²) in [4.78, 5) is 14.1. The van der Waals surface area contributed by atoms with Gasteiger partial charge in [-0.25, -0.2) is 4.79 Å². The zero-order chi connectivity index (χ0) is 15.2. The van der Waals surface area contributed by atoms with Gasteiger partial charge in [0.2, 0.25) is 0 Å². The van der Waals surface area contributed by atoms with Crippen LogP contribution in [-0.4, -0.2) is 36.9 Å². The van der Waals surface area contributed by atoms with Crippen molar-refractivity contribution >= 4 is 29.0 Å². The number of nitrogens with one attached hydrogen (secondary N) is 2. The van der Waals surface area contributed by atoms with E-state index in [2.05, 4.69) is 15.5 Å². The zero-order valence-electron chi connectivity index (χ0n) is 12.2. The predicted octanol–water partition coefficient (Wildman–Crippen LogP) is 2.83. The number of amides is 2. The molecule has 0 bridgehead atoms. The Morgan fingerprint density at radius 3 is 2.71 bits per heavy atom. The first-order chi connectivity index (χ1) is 10.1. The average Bonchev–Trinajstić information content (AvgIpc) is 2.98. The molecule has 1 aliphatic heterocycles. The molecule has 1 heterocycles. The van der Waals surface area contributed by atoms with Crippen LogP contribution in [0, 0.1) is 0 Å². The van der Waals surface area contributed by atoms with Gasteiger partial charge in [0, 0.05) is 18.8 Å². The number of rotatable bonds is 5. The number of carbonyl (C=O) groups excluding carboxylic acids is 1. The highest BCUT2D eigenvalue weighted by atomic mass is 35.5. The molecule has 2 amide bonds. The zero-order valence-corrected chi connectivity index (χ0v) is 13.0. The smallest absolute Gasteiger partial charge is 0.319 e. The summed E-state index contributed by atoms with van der Waals surface area (Å²) in [7, 11) is 0. The fourth-order valence-electron chi connectivity index (χ4n) is 2.43. The Labute approximate surface area is 130 Å². The summed E-state index contributed by atoms with van der Waals surface area (Å²) in [6.45, 7) is 3.89. The van der Waals surface area contributed by atoms with Crippen molar-refractivity contribution in [1.82, 2.24) is 5.32 Å². The number of aliphatic hydroxyl groups is 1. The molecular formula is C15H22ClN3O2. The van der Waals surface area contributed by atoms with Crippen LogP contribution in [0.25, 0.3) is 0 Å². The molecule has 1 aliphatic rings.